The van der Waals surface area contributed by atoms with Crippen molar-refractivity contribution >= 4 is 0 Å². The Hall–Kier alpha value is -3.77. The maximum Gasteiger partial charge on any atom is 0.231 e. The quantitative estimate of drug-likeness (QED) is 0.251. The molecule has 3 aromatic carbocycles. The van der Waals surface area contributed by atoms with Gasteiger partial charge in [-0.1, -0.05) is 61.9 Å². The maximum absolute atomic E-state index is 5.66. The number of rotatable bonds is 11. The number of ether oxygens (including phenoxy) is 3. The van der Waals surface area contributed by atoms with E-state index in [1.165, 1.54) is 16.8 Å². The van der Waals surface area contributed by atoms with Crippen LogP contribution >= 0.6 is 0 Å². The molecule has 0 saturated heterocycles. The molecule has 0 bridgehead atoms. The topological polar surface area (TPSA) is 48.8 Å². The number of aromatic nitrogens is 2. The second kappa shape index (κ2) is 11.3. The number of imidazole rings is 1. The first-order valence-electron chi connectivity index (χ1n) is 12.6. The Labute approximate surface area is 213 Å². The summed E-state index contributed by atoms with van der Waals surface area (Å²) in [5, 5.41) is 0. The molecule has 0 atom stereocenters. The number of unbranched alkanes of at least 4 members (excludes halogenated alkanes) is 1. The van der Waals surface area contributed by atoms with Gasteiger partial charge in [0.05, 0.1) is 24.6 Å². The normalized spacial score (nSPS) is 12.3. The summed E-state index contributed by atoms with van der Waals surface area (Å²) >= 11 is 0. The Bertz CT molecular complexity index is 1290. The van der Waals surface area contributed by atoms with Gasteiger partial charge in [0, 0.05) is 26.2 Å². The number of nitrogens with zero attached hydrogens (tertiary/aromatic N) is 3. The molecule has 0 aliphatic carbocycles. The van der Waals surface area contributed by atoms with E-state index in [9.17, 15) is 0 Å². The van der Waals surface area contributed by atoms with E-state index in [4.69, 9.17) is 19.2 Å². The summed E-state index contributed by atoms with van der Waals surface area (Å²) in [7, 11) is 1.71. The first-order chi connectivity index (χ1) is 17.7. The first-order valence-corrected chi connectivity index (χ1v) is 12.6. The third-order valence-electron chi connectivity index (χ3n) is 6.50. The summed E-state index contributed by atoms with van der Waals surface area (Å²) in [6, 6.07) is 25.0. The molecule has 186 valence electrons. The Kier molecular flexibility index (Phi) is 7.52. The van der Waals surface area contributed by atoms with Crippen LogP contribution in [0.5, 0.6) is 17.2 Å². The molecule has 4 aromatic rings. The van der Waals surface area contributed by atoms with Crippen molar-refractivity contribution in [3.05, 3.63) is 95.8 Å². The molecule has 1 aliphatic heterocycles. The number of benzene rings is 3. The van der Waals surface area contributed by atoms with Gasteiger partial charge in [-0.2, -0.15) is 0 Å². The molecule has 36 heavy (non-hydrogen) atoms. The molecule has 6 heteroatoms. The molecule has 0 amide bonds. The Balaban J connectivity index is 1.46. The van der Waals surface area contributed by atoms with Crippen LogP contribution in [0.15, 0.2) is 79.0 Å². The van der Waals surface area contributed by atoms with Crippen LogP contribution in [0.25, 0.3) is 11.4 Å². The van der Waals surface area contributed by atoms with E-state index >= 15 is 0 Å². The molecule has 0 fully saturated rings. The van der Waals surface area contributed by atoms with Gasteiger partial charge in [-0.15, -0.1) is 0 Å². The third kappa shape index (κ3) is 5.39. The lowest BCUT2D eigenvalue weighted by Crippen LogP contribution is -2.24. The number of fused-ring (bicyclic) bond motifs is 1. The lowest BCUT2D eigenvalue weighted by atomic mass is 10.1. The van der Waals surface area contributed by atoms with Crippen LogP contribution in [0.2, 0.25) is 0 Å². The average molecular weight is 484 g/mol. The minimum absolute atomic E-state index is 0.287. The molecule has 1 aromatic heterocycles. The van der Waals surface area contributed by atoms with Crippen LogP contribution in [0.3, 0.4) is 0 Å². The summed E-state index contributed by atoms with van der Waals surface area (Å²) in [5.41, 5.74) is 4.69. The van der Waals surface area contributed by atoms with E-state index in [0.29, 0.717) is 0 Å². The lowest BCUT2D eigenvalue weighted by molar-refractivity contribution is 0.174. The molecular weight excluding hydrogens is 450 g/mol. The average Bonchev–Trinajstić information content (AvgIpc) is 3.54. The van der Waals surface area contributed by atoms with Gasteiger partial charge >= 0.3 is 0 Å². The molecule has 0 N–H and O–H groups in total. The summed E-state index contributed by atoms with van der Waals surface area (Å²) in [6.45, 7) is 5.82. The van der Waals surface area contributed by atoms with Crippen LogP contribution in [-0.4, -0.2) is 28.4 Å². The van der Waals surface area contributed by atoms with Gasteiger partial charge in [0.1, 0.15) is 11.6 Å². The van der Waals surface area contributed by atoms with Gasteiger partial charge in [-0.3, -0.25) is 4.90 Å². The van der Waals surface area contributed by atoms with Crippen molar-refractivity contribution in [2.24, 2.45) is 0 Å². The fourth-order valence-corrected chi connectivity index (χ4v) is 4.68. The van der Waals surface area contributed by atoms with Crippen LogP contribution in [0, 0.1) is 0 Å². The van der Waals surface area contributed by atoms with Gasteiger partial charge in [0.15, 0.2) is 11.5 Å². The van der Waals surface area contributed by atoms with Crippen LogP contribution in [0.4, 0.5) is 0 Å². The number of para-hydroxylation sites is 1. The second-order valence-electron chi connectivity index (χ2n) is 9.10. The van der Waals surface area contributed by atoms with Crippen molar-refractivity contribution < 1.29 is 14.2 Å². The summed E-state index contributed by atoms with van der Waals surface area (Å²) in [5.74, 6) is 3.43. The predicted molar refractivity (Wildman–Crippen MR) is 141 cm³/mol. The fourth-order valence-electron chi connectivity index (χ4n) is 4.68. The number of methoxy groups -OCH3 is 1. The van der Waals surface area contributed by atoms with Gasteiger partial charge < -0.3 is 18.8 Å². The SMILES string of the molecule is CCCCn1c(CN(Cc2ccccc2)Cc2ccc3c(c2)OCO3)cnc1-c1ccccc1OC. The van der Waals surface area contributed by atoms with E-state index in [1.807, 2.05) is 30.5 Å². The van der Waals surface area contributed by atoms with Gasteiger partial charge in [-0.25, -0.2) is 4.98 Å². The molecule has 0 radical (unpaired) electrons. The molecule has 2 heterocycles. The van der Waals surface area contributed by atoms with Crippen molar-refractivity contribution in [1.29, 1.82) is 0 Å². The van der Waals surface area contributed by atoms with Crippen molar-refractivity contribution in [3.63, 3.8) is 0 Å². The fraction of sp³-hybridized carbons (Fsp3) is 0.300. The highest BCUT2D eigenvalue weighted by Gasteiger charge is 2.19. The van der Waals surface area contributed by atoms with Crippen LogP contribution in [0.1, 0.15) is 36.6 Å². The number of hydrogen-bond acceptors (Lipinski definition) is 5. The van der Waals surface area contributed by atoms with E-state index in [-0.39, 0.29) is 6.79 Å². The van der Waals surface area contributed by atoms with Crippen molar-refractivity contribution in [3.8, 4) is 28.6 Å². The van der Waals surface area contributed by atoms with Gasteiger partial charge in [0.25, 0.3) is 0 Å². The van der Waals surface area contributed by atoms with E-state index in [2.05, 4.69) is 64.9 Å². The van der Waals surface area contributed by atoms with Crippen molar-refractivity contribution in [2.75, 3.05) is 13.9 Å². The van der Waals surface area contributed by atoms with Gasteiger partial charge in [-0.05, 0) is 41.8 Å². The van der Waals surface area contributed by atoms with Gasteiger partial charge in [0.2, 0.25) is 6.79 Å². The molecule has 0 saturated carbocycles. The highest BCUT2D eigenvalue weighted by molar-refractivity contribution is 5.65. The van der Waals surface area contributed by atoms with E-state index < -0.39 is 0 Å². The summed E-state index contributed by atoms with van der Waals surface area (Å²) in [4.78, 5) is 7.34. The van der Waals surface area contributed by atoms with E-state index in [1.54, 1.807) is 7.11 Å². The highest BCUT2D eigenvalue weighted by Crippen LogP contribution is 2.34. The van der Waals surface area contributed by atoms with E-state index in [0.717, 1.165) is 67.7 Å². The highest BCUT2D eigenvalue weighted by atomic mass is 16.7. The lowest BCUT2D eigenvalue weighted by Gasteiger charge is -2.24. The Morgan fingerprint density at radius 2 is 1.67 bits per heavy atom. The first kappa shape index (κ1) is 23.9. The minimum Gasteiger partial charge on any atom is -0.496 e. The standard InChI is InChI=1S/C30H33N3O3/c1-3-4-16-33-25(18-31-30(33)26-12-8-9-13-27(26)34-2)21-32(19-23-10-6-5-7-11-23)20-24-14-15-28-29(17-24)36-22-35-28/h5-15,17-18H,3-4,16,19-22H2,1-2H3. The van der Waals surface area contributed by atoms with Crippen molar-refractivity contribution in [1.82, 2.24) is 14.5 Å². The molecule has 0 unspecified atom stereocenters. The maximum atomic E-state index is 5.66. The van der Waals surface area contributed by atoms with Crippen LogP contribution < -0.4 is 14.2 Å². The minimum atomic E-state index is 0.287. The molecule has 6 nitrogen and oxygen atoms in total. The predicted octanol–water partition coefficient (Wildman–Crippen LogP) is 6.29. The monoisotopic (exact) mass is 483 g/mol. The molecular formula is C30H33N3O3. The second-order valence-corrected chi connectivity index (χ2v) is 9.10. The van der Waals surface area contributed by atoms with Crippen LogP contribution in [-0.2, 0) is 26.2 Å². The zero-order valence-corrected chi connectivity index (χ0v) is 21.0. The molecule has 5 rings (SSSR count). The summed E-state index contributed by atoms with van der Waals surface area (Å²) < 4.78 is 19.2. The zero-order chi connectivity index (χ0) is 24.7. The summed E-state index contributed by atoms with van der Waals surface area (Å²) in [6.07, 6.45) is 4.23. The van der Waals surface area contributed by atoms with Crippen molar-refractivity contribution in [2.45, 2.75) is 45.9 Å². The number of hydrogen-bond donors (Lipinski definition) is 0. The Morgan fingerprint density at radius 3 is 2.50 bits per heavy atom. The molecule has 0 spiro atoms. The zero-order valence-electron chi connectivity index (χ0n) is 21.0. The third-order valence-corrected chi connectivity index (χ3v) is 6.50. The molecule has 1 aliphatic rings. The smallest absolute Gasteiger partial charge is 0.231 e. The largest absolute Gasteiger partial charge is 0.496 e. The Morgan fingerprint density at radius 1 is 0.889 bits per heavy atom.